The van der Waals surface area contributed by atoms with Crippen molar-refractivity contribution in [2.24, 2.45) is 0 Å². The average molecular weight is 769 g/mol. The number of nitrogens with one attached hydrogen (secondary N) is 1. The molecule has 3 N–H and O–H groups in total. The standard InChI is InChI=1S/C38H37N6O10P/c1-48-28-15-9-25(10-16-28)38(24-7-5-4-6-8-24,26-11-17-29(49-2)18-12-26)51-22-32-31(54-55(50-3)53-30-19-13-27(14-20-30)44(46)47)21-33(52-32)43-23-40-34-35(43)41-37(39)42-36(34)45/h4-20,23,31-33H,21-22H2,1-3H3,(H3,39,41,42,45). The van der Waals surface area contributed by atoms with E-state index in [1.807, 2.05) is 78.9 Å². The second kappa shape index (κ2) is 16.2. The normalized spacial score (nSPS) is 17.5. The molecule has 4 aromatic carbocycles. The number of hydrogen-bond acceptors (Lipinski definition) is 13. The summed E-state index contributed by atoms with van der Waals surface area (Å²) >= 11 is 0. The molecule has 2 aromatic heterocycles. The highest BCUT2D eigenvalue weighted by molar-refractivity contribution is 7.42. The maximum Gasteiger partial charge on any atom is 0.397 e. The summed E-state index contributed by atoms with van der Waals surface area (Å²) < 4.78 is 44.6. The van der Waals surface area contributed by atoms with Crippen molar-refractivity contribution in [3.63, 3.8) is 0 Å². The van der Waals surface area contributed by atoms with Crippen molar-refractivity contribution >= 4 is 31.4 Å². The van der Waals surface area contributed by atoms with Gasteiger partial charge in [-0.25, -0.2) is 4.98 Å². The van der Waals surface area contributed by atoms with E-state index in [0.29, 0.717) is 17.2 Å². The number of aromatic amines is 1. The first-order chi connectivity index (χ1) is 26.7. The number of aromatic nitrogens is 4. The molecule has 0 saturated carbocycles. The van der Waals surface area contributed by atoms with Gasteiger partial charge in [0.15, 0.2) is 11.2 Å². The fourth-order valence-electron chi connectivity index (χ4n) is 6.49. The van der Waals surface area contributed by atoms with Gasteiger partial charge >= 0.3 is 8.60 Å². The Bertz CT molecular complexity index is 2240. The molecule has 6 aromatic rings. The van der Waals surface area contributed by atoms with Gasteiger partial charge in [-0.2, -0.15) is 4.98 Å². The summed E-state index contributed by atoms with van der Waals surface area (Å²) in [6.07, 6.45) is -0.470. The van der Waals surface area contributed by atoms with Crippen LogP contribution in [0, 0.1) is 10.1 Å². The van der Waals surface area contributed by atoms with Gasteiger partial charge in [-0.1, -0.05) is 54.6 Å². The van der Waals surface area contributed by atoms with Crippen LogP contribution in [0.25, 0.3) is 11.2 Å². The number of nitrogens with zero attached hydrogens (tertiary/aromatic N) is 4. The van der Waals surface area contributed by atoms with Gasteiger partial charge in [-0.3, -0.25) is 29.0 Å². The number of nitro groups is 1. The van der Waals surface area contributed by atoms with Gasteiger partial charge in [0.2, 0.25) is 5.95 Å². The summed E-state index contributed by atoms with van der Waals surface area (Å²) in [6, 6.07) is 30.7. The molecule has 0 aliphatic carbocycles. The summed E-state index contributed by atoms with van der Waals surface area (Å²) in [5, 5.41) is 11.2. The summed E-state index contributed by atoms with van der Waals surface area (Å²) in [6.45, 7) is -0.0126. The number of nitrogens with two attached hydrogens (primary N) is 1. The smallest absolute Gasteiger partial charge is 0.397 e. The summed E-state index contributed by atoms with van der Waals surface area (Å²) in [5.41, 5.74) is 6.97. The molecule has 17 heteroatoms. The third kappa shape index (κ3) is 7.72. The fourth-order valence-corrected chi connectivity index (χ4v) is 7.43. The molecule has 3 heterocycles. The van der Waals surface area contributed by atoms with Crippen LogP contribution in [-0.2, 0) is 24.1 Å². The largest absolute Gasteiger partial charge is 0.497 e. The molecular weight excluding hydrogens is 731 g/mol. The molecule has 55 heavy (non-hydrogen) atoms. The Hall–Kier alpha value is -5.90. The minimum Gasteiger partial charge on any atom is -0.497 e. The minimum absolute atomic E-state index is 0.0126. The van der Waals surface area contributed by atoms with Crippen molar-refractivity contribution in [3.8, 4) is 17.2 Å². The van der Waals surface area contributed by atoms with E-state index in [4.69, 9.17) is 38.3 Å². The quantitative estimate of drug-likeness (QED) is 0.0514. The van der Waals surface area contributed by atoms with E-state index in [1.54, 1.807) is 18.8 Å². The molecule has 4 unspecified atom stereocenters. The zero-order valence-corrected chi connectivity index (χ0v) is 30.8. The fraction of sp³-hybridized carbons (Fsp3) is 0.237. The lowest BCUT2D eigenvalue weighted by Gasteiger charge is -2.37. The van der Waals surface area contributed by atoms with E-state index >= 15 is 0 Å². The van der Waals surface area contributed by atoms with Crippen LogP contribution in [-0.4, -0.2) is 64.6 Å². The van der Waals surface area contributed by atoms with E-state index in [9.17, 15) is 14.9 Å². The number of methoxy groups -OCH3 is 2. The highest BCUT2D eigenvalue weighted by Crippen LogP contribution is 2.47. The molecule has 1 saturated heterocycles. The van der Waals surface area contributed by atoms with E-state index in [-0.39, 0.29) is 35.8 Å². The van der Waals surface area contributed by atoms with E-state index in [0.717, 1.165) is 16.7 Å². The van der Waals surface area contributed by atoms with Gasteiger partial charge in [0.05, 0.1) is 32.1 Å². The Morgan fingerprint density at radius 2 is 1.51 bits per heavy atom. The predicted molar refractivity (Wildman–Crippen MR) is 202 cm³/mol. The van der Waals surface area contributed by atoms with E-state index < -0.39 is 43.1 Å². The zero-order valence-electron chi connectivity index (χ0n) is 29.9. The summed E-state index contributed by atoms with van der Waals surface area (Å²) in [4.78, 5) is 34.4. The molecule has 0 bridgehead atoms. The third-order valence-electron chi connectivity index (χ3n) is 9.18. The maximum atomic E-state index is 12.6. The number of benzene rings is 4. The van der Waals surface area contributed by atoms with Gasteiger partial charge in [0.1, 0.15) is 41.3 Å². The monoisotopic (exact) mass is 768 g/mol. The predicted octanol–water partition coefficient (Wildman–Crippen LogP) is 6.26. The van der Waals surface area contributed by atoms with Crippen LogP contribution in [0.3, 0.4) is 0 Å². The average Bonchev–Trinajstić information content (AvgIpc) is 3.82. The molecule has 0 spiro atoms. The van der Waals surface area contributed by atoms with Crippen LogP contribution in [0.15, 0.2) is 114 Å². The molecule has 7 rings (SSSR count). The van der Waals surface area contributed by atoms with Crippen LogP contribution in [0.1, 0.15) is 29.3 Å². The maximum absolute atomic E-state index is 12.6. The number of ether oxygens (including phenoxy) is 4. The number of imidazole rings is 1. The summed E-state index contributed by atoms with van der Waals surface area (Å²) in [5.74, 6) is 1.59. The Morgan fingerprint density at radius 3 is 2.09 bits per heavy atom. The van der Waals surface area contributed by atoms with Crippen LogP contribution < -0.4 is 25.3 Å². The van der Waals surface area contributed by atoms with Gasteiger partial charge in [-0.15, -0.1) is 0 Å². The Labute approximate surface area is 315 Å². The topological polar surface area (TPSA) is 197 Å². The lowest BCUT2D eigenvalue weighted by atomic mass is 9.80. The number of hydrogen-bond donors (Lipinski definition) is 2. The Kier molecular flexibility index (Phi) is 11.0. The van der Waals surface area contributed by atoms with Crippen molar-refractivity contribution in [2.75, 3.05) is 33.7 Å². The second-order valence-corrected chi connectivity index (χ2v) is 13.6. The number of fused-ring (bicyclic) bond motifs is 1. The first-order valence-electron chi connectivity index (χ1n) is 17.0. The van der Waals surface area contributed by atoms with Crippen molar-refractivity contribution in [2.45, 2.75) is 30.5 Å². The second-order valence-electron chi connectivity index (χ2n) is 12.3. The van der Waals surface area contributed by atoms with E-state index in [1.165, 1.54) is 37.7 Å². The highest BCUT2D eigenvalue weighted by atomic mass is 31.2. The first kappa shape index (κ1) is 37.4. The Morgan fingerprint density at radius 1 is 0.909 bits per heavy atom. The minimum atomic E-state index is -2.05. The van der Waals surface area contributed by atoms with Gasteiger partial charge in [0.25, 0.3) is 11.2 Å². The molecular formula is C38H37N6O10P. The van der Waals surface area contributed by atoms with Crippen LogP contribution in [0.2, 0.25) is 0 Å². The molecule has 1 aliphatic heterocycles. The molecule has 284 valence electrons. The molecule has 4 atom stereocenters. The van der Waals surface area contributed by atoms with Gasteiger partial charge in [-0.05, 0) is 53.1 Å². The van der Waals surface area contributed by atoms with Crippen molar-refractivity contribution in [3.05, 3.63) is 147 Å². The molecule has 1 fully saturated rings. The molecule has 16 nitrogen and oxygen atoms in total. The number of nitro benzene ring substituents is 1. The number of nitrogen functional groups attached to an aromatic ring is 1. The van der Waals surface area contributed by atoms with Crippen LogP contribution in [0.5, 0.6) is 17.2 Å². The molecule has 0 amide bonds. The highest BCUT2D eigenvalue weighted by Gasteiger charge is 2.44. The lowest BCUT2D eigenvalue weighted by Crippen LogP contribution is -2.38. The van der Waals surface area contributed by atoms with Crippen LogP contribution in [0.4, 0.5) is 11.6 Å². The lowest BCUT2D eigenvalue weighted by molar-refractivity contribution is -0.384. The first-order valence-corrected chi connectivity index (χ1v) is 18.1. The van der Waals surface area contributed by atoms with E-state index in [2.05, 4.69) is 15.0 Å². The number of non-ortho nitro benzene ring substituents is 1. The molecule has 1 aliphatic rings. The van der Waals surface area contributed by atoms with Crippen molar-refractivity contribution in [1.29, 1.82) is 0 Å². The van der Waals surface area contributed by atoms with Crippen molar-refractivity contribution < 1.29 is 37.4 Å². The third-order valence-corrected chi connectivity index (χ3v) is 10.3. The Balaban J connectivity index is 1.27. The van der Waals surface area contributed by atoms with Crippen molar-refractivity contribution in [1.82, 2.24) is 19.5 Å². The number of anilines is 1. The van der Waals surface area contributed by atoms with Gasteiger partial charge < -0.3 is 33.7 Å². The number of H-pyrrole nitrogens is 1. The zero-order chi connectivity index (χ0) is 38.5. The SMILES string of the molecule is COc1ccc(C(OCC2OC(n3cnc4c(=O)[nH]c(N)nc43)CC2OP(OC)Oc2ccc([N+](=O)[O-])cc2)(c2ccccc2)c2ccc(OC)cc2)cc1. The van der Waals surface area contributed by atoms with Crippen LogP contribution >= 0.6 is 8.60 Å². The van der Waals surface area contributed by atoms with Gasteiger partial charge in [0, 0.05) is 25.7 Å². The summed E-state index contributed by atoms with van der Waals surface area (Å²) in [7, 11) is 2.60. The number of rotatable bonds is 15. The molecule has 0 radical (unpaired) electrons.